The van der Waals surface area contributed by atoms with Gasteiger partial charge >= 0.3 is 6.18 Å². The van der Waals surface area contributed by atoms with Gasteiger partial charge in [0, 0.05) is 12.6 Å². The van der Waals surface area contributed by atoms with E-state index < -0.39 is 17.3 Å². The van der Waals surface area contributed by atoms with Crippen molar-refractivity contribution in [2.45, 2.75) is 31.2 Å². The molecule has 110 valence electrons. The largest absolute Gasteiger partial charge is 0.496 e. The molecule has 0 amide bonds. The fourth-order valence-electron chi connectivity index (χ4n) is 3.14. The quantitative estimate of drug-likeness (QED) is 0.907. The van der Waals surface area contributed by atoms with E-state index in [1.807, 2.05) is 0 Å². The molecule has 1 aromatic carbocycles. The lowest BCUT2D eigenvalue weighted by Crippen LogP contribution is -2.38. The molecule has 1 N–H and O–H groups in total. The predicted octanol–water partition coefficient (Wildman–Crippen LogP) is 2.61. The minimum Gasteiger partial charge on any atom is -0.496 e. The Morgan fingerprint density at radius 2 is 2.15 bits per heavy atom. The van der Waals surface area contributed by atoms with Gasteiger partial charge in [0.15, 0.2) is 0 Å². The Morgan fingerprint density at radius 1 is 1.40 bits per heavy atom. The van der Waals surface area contributed by atoms with Crippen molar-refractivity contribution in [2.24, 2.45) is 0 Å². The standard InChI is InChI=1S/C14H16F3NO2/c1-8-3-10(13-5-9(6-20-13)18-7-13)11(14(15,16)17)4-12(8)19-2/h3-4,9,18H,5-7H2,1-2H3. The topological polar surface area (TPSA) is 30.5 Å². The highest BCUT2D eigenvalue weighted by Crippen LogP contribution is 2.47. The van der Waals surface area contributed by atoms with Crippen LogP contribution in [0.5, 0.6) is 5.75 Å². The fourth-order valence-corrected chi connectivity index (χ4v) is 3.14. The number of alkyl halides is 3. The fraction of sp³-hybridized carbons (Fsp3) is 0.571. The summed E-state index contributed by atoms with van der Waals surface area (Å²) in [7, 11) is 1.37. The summed E-state index contributed by atoms with van der Waals surface area (Å²) in [5.74, 6) is 0.248. The maximum atomic E-state index is 13.3. The van der Waals surface area contributed by atoms with Crippen molar-refractivity contribution in [2.75, 3.05) is 20.3 Å². The Kier molecular flexibility index (Phi) is 2.99. The Balaban J connectivity index is 2.16. The van der Waals surface area contributed by atoms with Crippen molar-refractivity contribution in [3.8, 4) is 5.75 Å². The van der Waals surface area contributed by atoms with Gasteiger partial charge in [0.2, 0.25) is 0 Å². The minimum absolute atomic E-state index is 0.151. The van der Waals surface area contributed by atoms with Crippen LogP contribution >= 0.6 is 0 Å². The summed E-state index contributed by atoms with van der Waals surface area (Å²) in [5.41, 5.74) is -0.615. The molecule has 20 heavy (non-hydrogen) atoms. The van der Waals surface area contributed by atoms with Crippen LogP contribution in [0.1, 0.15) is 23.1 Å². The van der Waals surface area contributed by atoms with E-state index in [-0.39, 0.29) is 17.4 Å². The van der Waals surface area contributed by atoms with Crippen molar-refractivity contribution in [1.82, 2.24) is 5.32 Å². The molecular weight excluding hydrogens is 271 g/mol. The van der Waals surface area contributed by atoms with Crippen molar-refractivity contribution in [3.63, 3.8) is 0 Å². The van der Waals surface area contributed by atoms with Crippen LogP contribution in [0.25, 0.3) is 0 Å². The van der Waals surface area contributed by atoms with Gasteiger partial charge in [0.25, 0.3) is 0 Å². The van der Waals surface area contributed by atoms with Crippen molar-refractivity contribution in [1.29, 1.82) is 0 Å². The van der Waals surface area contributed by atoms with Crippen molar-refractivity contribution >= 4 is 0 Å². The van der Waals surface area contributed by atoms with E-state index in [1.54, 1.807) is 13.0 Å². The Morgan fingerprint density at radius 3 is 2.60 bits per heavy atom. The summed E-state index contributed by atoms with van der Waals surface area (Å²) in [6, 6.07) is 2.78. The second-order valence-corrected chi connectivity index (χ2v) is 5.45. The van der Waals surface area contributed by atoms with E-state index in [4.69, 9.17) is 9.47 Å². The third-order valence-corrected chi connectivity index (χ3v) is 4.14. The first-order valence-electron chi connectivity index (χ1n) is 6.49. The van der Waals surface area contributed by atoms with Gasteiger partial charge in [-0.05, 0) is 36.6 Å². The highest BCUT2D eigenvalue weighted by Gasteiger charge is 2.51. The SMILES string of the molecule is COc1cc(C(F)(F)F)c(C23CNC(CO2)C3)cc1C. The van der Waals surface area contributed by atoms with Crippen molar-refractivity contribution in [3.05, 3.63) is 28.8 Å². The molecule has 0 aromatic heterocycles. The molecule has 0 saturated carbocycles. The average Bonchev–Trinajstić information content (AvgIpc) is 2.98. The Bertz CT molecular complexity index is 534. The molecule has 3 nitrogen and oxygen atoms in total. The van der Waals surface area contributed by atoms with Gasteiger partial charge < -0.3 is 14.8 Å². The molecule has 2 heterocycles. The highest BCUT2D eigenvalue weighted by molar-refractivity contribution is 5.47. The summed E-state index contributed by atoms with van der Waals surface area (Å²) in [5, 5.41) is 3.20. The maximum absolute atomic E-state index is 13.3. The molecule has 2 fully saturated rings. The van der Waals surface area contributed by atoms with E-state index in [9.17, 15) is 13.2 Å². The Labute approximate surface area is 115 Å². The van der Waals surface area contributed by atoms with Gasteiger partial charge in [0.1, 0.15) is 11.4 Å². The average molecular weight is 287 g/mol. The van der Waals surface area contributed by atoms with Gasteiger partial charge in [-0.25, -0.2) is 0 Å². The Hall–Kier alpha value is -1.27. The van der Waals surface area contributed by atoms with E-state index in [1.165, 1.54) is 7.11 Å². The molecule has 0 aliphatic carbocycles. The van der Waals surface area contributed by atoms with Crippen LogP contribution in [0.2, 0.25) is 0 Å². The van der Waals surface area contributed by atoms with Gasteiger partial charge in [-0.1, -0.05) is 0 Å². The maximum Gasteiger partial charge on any atom is 0.416 e. The minimum atomic E-state index is -4.42. The van der Waals surface area contributed by atoms with E-state index >= 15 is 0 Å². The first-order chi connectivity index (χ1) is 9.36. The number of hydrogen-bond donors (Lipinski definition) is 1. The highest BCUT2D eigenvalue weighted by atomic mass is 19.4. The second kappa shape index (κ2) is 4.36. The second-order valence-electron chi connectivity index (χ2n) is 5.45. The number of hydrogen-bond acceptors (Lipinski definition) is 3. The number of aryl methyl sites for hydroxylation is 1. The number of morpholine rings is 1. The summed E-state index contributed by atoms with van der Waals surface area (Å²) >= 11 is 0. The number of ether oxygens (including phenoxy) is 2. The lowest BCUT2D eigenvalue weighted by atomic mass is 9.87. The number of fused-ring (bicyclic) bond motifs is 2. The summed E-state index contributed by atoms with van der Waals surface area (Å²) in [4.78, 5) is 0. The molecule has 2 saturated heterocycles. The molecule has 6 heteroatoms. The summed E-state index contributed by atoms with van der Waals surface area (Å²) in [6.07, 6.45) is -3.84. The van der Waals surface area contributed by atoms with Gasteiger partial charge in [-0.3, -0.25) is 0 Å². The van der Waals surface area contributed by atoms with Crippen LogP contribution in [-0.2, 0) is 16.5 Å². The van der Waals surface area contributed by atoms with E-state index in [0.29, 0.717) is 25.1 Å². The molecule has 3 rings (SSSR count). The molecule has 1 aromatic rings. The van der Waals surface area contributed by atoms with Gasteiger partial charge in [0.05, 0.1) is 19.3 Å². The van der Waals surface area contributed by atoms with E-state index in [2.05, 4.69) is 5.32 Å². The zero-order valence-corrected chi connectivity index (χ0v) is 11.3. The monoisotopic (exact) mass is 287 g/mol. The first kappa shape index (κ1) is 13.7. The molecule has 2 aliphatic heterocycles. The van der Waals surface area contributed by atoms with Crippen LogP contribution < -0.4 is 10.1 Å². The molecule has 2 unspecified atom stereocenters. The van der Waals surface area contributed by atoms with Crippen LogP contribution in [0.15, 0.2) is 12.1 Å². The first-order valence-corrected chi connectivity index (χ1v) is 6.49. The number of benzene rings is 1. The smallest absolute Gasteiger partial charge is 0.416 e. The van der Waals surface area contributed by atoms with Crippen LogP contribution in [0, 0.1) is 6.92 Å². The zero-order valence-electron chi connectivity index (χ0n) is 11.3. The summed E-state index contributed by atoms with van der Waals surface area (Å²) in [6.45, 7) is 2.63. The molecule has 0 spiro atoms. The van der Waals surface area contributed by atoms with E-state index in [0.717, 1.165) is 6.07 Å². The molecule has 2 aliphatic rings. The lowest BCUT2D eigenvalue weighted by Gasteiger charge is -2.30. The third kappa shape index (κ3) is 1.98. The zero-order chi connectivity index (χ0) is 14.5. The predicted molar refractivity (Wildman–Crippen MR) is 66.8 cm³/mol. The van der Waals surface area contributed by atoms with Crippen LogP contribution in [0.3, 0.4) is 0 Å². The number of rotatable bonds is 2. The molecular formula is C14H16F3NO2. The molecule has 0 radical (unpaired) electrons. The molecule has 2 atom stereocenters. The van der Waals surface area contributed by atoms with Gasteiger partial charge in [-0.2, -0.15) is 13.2 Å². The van der Waals surface area contributed by atoms with Crippen LogP contribution in [0.4, 0.5) is 13.2 Å². The summed E-state index contributed by atoms with van der Waals surface area (Å²) < 4.78 is 50.7. The number of nitrogens with one attached hydrogen (secondary N) is 1. The molecule has 2 bridgehead atoms. The third-order valence-electron chi connectivity index (χ3n) is 4.14. The van der Waals surface area contributed by atoms with Crippen LogP contribution in [-0.4, -0.2) is 26.3 Å². The normalized spacial score (nSPS) is 28.9. The van der Waals surface area contributed by atoms with Gasteiger partial charge in [-0.15, -0.1) is 0 Å². The lowest BCUT2D eigenvalue weighted by molar-refractivity contribution is -0.141. The van der Waals surface area contributed by atoms with Crippen molar-refractivity contribution < 1.29 is 22.6 Å². The number of halogens is 3. The number of methoxy groups -OCH3 is 1.